The smallest absolute Gasteiger partial charge is 0.253 e. The van der Waals surface area contributed by atoms with Crippen molar-refractivity contribution < 1.29 is 9.53 Å². The molecule has 1 saturated carbocycles. The third-order valence-corrected chi connectivity index (χ3v) is 7.08. The summed E-state index contributed by atoms with van der Waals surface area (Å²) in [5, 5.41) is 9.08. The fourth-order valence-electron chi connectivity index (χ4n) is 5.16. The first-order chi connectivity index (χ1) is 13.1. The molecule has 3 aliphatic rings. The Labute approximate surface area is 161 Å². The molecule has 2 aliphatic heterocycles. The number of carbonyl (C=O) groups is 1. The molecular weight excluding hydrogens is 338 g/mol. The number of amides is 1. The molecule has 27 heavy (non-hydrogen) atoms. The molecule has 0 radical (unpaired) electrons. The molecule has 4 rings (SSSR count). The average molecular weight is 367 g/mol. The molecule has 1 aliphatic carbocycles. The highest BCUT2D eigenvalue weighted by Gasteiger charge is 2.50. The van der Waals surface area contributed by atoms with E-state index in [1.807, 2.05) is 11.0 Å². The zero-order valence-electron chi connectivity index (χ0n) is 16.2. The van der Waals surface area contributed by atoms with E-state index in [4.69, 9.17) is 10.00 Å². The van der Waals surface area contributed by atoms with Crippen molar-refractivity contribution in [3.63, 3.8) is 0 Å². The molecule has 0 N–H and O–H groups in total. The minimum atomic E-state index is 0.0547. The number of likely N-dealkylation sites (tertiary alicyclic amines) is 2. The van der Waals surface area contributed by atoms with Gasteiger partial charge in [0.1, 0.15) is 0 Å². The van der Waals surface area contributed by atoms with Crippen molar-refractivity contribution in [2.75, 3.05) is 39.9 Å². The SMILES string of the molecule is COCC1CN(C2CCC2)CC12CCN(C(=O)c1cccc(C#N)c1)CC2. The first kappa shape index (κ1) is 18.5. The van der Waals surface area contributed by atoms with Crippen LogP contribution in [0.3, 0.4) is 0 Å². The van der Waals surface area contributed by atoms with Gasteiger partial charge >= 0.3 is 0 Å². The van der Waals surface area contributed by atoms with Gasteiger partial charge in [-0.2, -0.15) is 5.26 Å². The zero-order chi connectivity index (χ0) is 18.9. The number of nitrogens with zero attached hydrogens (tertiary/aromatic N) is 3. The van der Waals surface area contributed by atoms with Gasteiger partial charge in [0, 0.05) is 50.8 Å². The van der Waals surface area contributed by atoms with Gasteiger partial charge in [-0.3, -0.25) is 9.69 Å². The third-order valence-electron chi connectivity index (χ3n) is 7.08. The van der Waals surface area contributed by atoms with Crippen LogP contribution in [0.1, 0.15) is 48.0 Å². The molecule has 5 nitrogen and oxygen atoms in total. The molecule has 3 fully saturated rings. The Bertz CT molecular complexity index is 729. The van der Waals surface area contributed by atoms with E-state index < -0.39 is 0 Å². The summed E-state index contributed by atoms with van der Waals surface area (Å²) >= 11 is 0. The van der Waals surface area contributed by atoms with Crippen LogP contribution < -0.4 is 0 Å². The standard InChI is InChI=1S/C22H29N3O2/c1-27-15-19-14-25(20-6-3-7-20)16-22(19)8-10-24(11-9-22)21(26)18-5-2-4-17(12-18)13-23/h2,4-5,12,19-20H,3,6-11,14-16H2,1H3. The molecule has 1 unspecified atom stereocenters. The van der Waals surface area contributed by atoms with Crippen LogP contribution in [0.15, 0.2) is 24.3 Å². The lowest BCUT2D eigenvalue weighted by atomic mass is 9.71. The maximum Gasteiger partial charge on any atom is 0.253 e. The Morgan fingerprint density at radius 2 is 2.11 bits per heavy atom. The molecule has 2 heterocycles. The Morgan fingerprint density at radius 1 is 1.33 bits per heavy atom. The lowest BCUT2D eigenvalue weighted by molar-refractivity contribution is 0.0312. The van der Waals surface area contributed by atoms with Crippen molar-refractivity contribution in [2.24, 2.45) is 11.3 Å². The van der Waals surface area contributed by atoms with Crippen LogP contribution >= 0.6 is 0 Å². The van der Waals surface area contributed by atoms with Crippen molar-refractivity contribution in [3.05, 3.63) is 35.4 Å². The van der Waals surface area contributed by atoms with E-state index in [1.54, 1.807) is 25.3 Å². The summed E-state index contributed by atoms with van der Waals surface area (Å²) in [5.74, 6) is 0.626. The molecule has 2 saturated heterocycles. The number of ether oxygens (including phenoxy) is 1. The number of hydrogen-bond acceptors (Lipinski definition) is 4. The number of hydrogen-bond donors (Lipinski definition) is 0. The molecule has 0 bridgehead atoms. The van der Waals surface area contributed by atoms with E-state index in [0.717, 1.165) is 51.7 Å². The van der Waals surface area contributed by atoms with Crippen LogP contribution in [0.4, 0.5) is 0 Å². The lowest BCUT2D eigenvalue weighted by Gasteiger charge is -2.43. The topological polar surface area (TPSA) is 56.6 Å². The van der Waals surface area contributed by atoms with Gasteiger partial charge in [-0.25, -0.2) is 0 Å². The van der Waals surface area contributed by atoms with Crippen LogP contribution in [-0.2, 0) is 4.74 Å². The van der Waals surface area contributed by atoms with E-state index in [-0.39, 0.29) is 11.3 Å². The summed E-state index contributed by atoms with van der Waals surface area (Å²) in [4.78, 5) is 17.6. The molecule has 1 aromatic rings. The first-order valence-electron chi connectivity index (χ1n) is 10.2. The van der Waals surface area contributed by atoms with Gasteiger partial charge in [-0.15, -0.1) is 0 Å². The predicted molar refractivity (Wildman–Crippen MR) is 103 cm³/mol. The van der Waals surface area contributed by atoms with Gasteiger partial charge in [-0.05, 0) is 49.3 Å². The number of methoxy groups -OCH3 is 1. The molecule has 1 amide bonds. The second-order valence-corrected chi connectivity index (χ2v) is 8.51. The predicted octanol–water partition coefficient (Wildman–Crippen LogP) is 2.91. The summed E-state index contributed by atoms with van der Waals surface area (Å²) in [6, 6.07) is 9.95. The fraction of sp³-hybridized carbons (Fsp3) is 0.636. The highest BCUT2D eigenvalue weighted by Crippen LogP contribution is 2.47. The summed E-state index contributed by atoms with van der Waals surface area (Å²) < 4.78 is 5.56. The van der Waals surface area contributed by atoms with Gasteiger partial charge in [0.05, 0.1) is 18.2 Å². The minimum Gasteiger partial charge on any atom is -0.384 e. The van der Waals surface area contributed by atoms with Gasteiger partial charge < -0.3 is 9.64 Å². The molecule has 144 valence electrons. The van der Waals surface area contributed by atoms with E-state index >= 15 is 0 Å². The normalized spacial score (nSPS) is 25.3. The molecular formula is C22H29N3O2. The maximum atomic E-state index is 12.9. The number of piperidine rings is 1. The van der Waals surface area contributed by atoms with Crippen LogP contribution in [0.2, 0.25) is 0 Å². The average Bonchev–Trinajstić information content (AvgIpc) is 2.98. The van der Waals surface area contributed by atoms with Crippen molar-refractivity contribution in [3.8, 4) is 6.07 Å². The number of carbonyl (C=O) groups excluding carboxylic acids is 1. The number of rotatable bonds is 4. The Balaban J connectivity index is 1.43. The molecule has 5 heteroatoms. The summed E-state index contributed by atoms with van der Waals surface area (Å²) in [6.07, 6.45) is 6.15. The Kier molecular flexibility index (Phi) is 5.21. The highest BCUT2D eigenvalue weighted by atomic mass is 16.5. The third kappa shape index (κ3) is 3.49. The van der Waals surface area contributed by atoms with Crippen LogP contribution in [0.5, 0.6) is 0 Å². The van der Waals surface area contributed by atoms with Crippen molar-refractivity contribution in [1.29, 1.82) is 5.26 Å². The second-order valence-electron chi connectivity index (χ2n) is 8.51. The minimum absolute atomic E-state index is 0.0547. The van der Waals surface area contributed by atoms with Crippen molar-refractivity contribution >= 4 is 5.91 Å². The first-order valence-corrected chi connectivity index (χ1v) is 10.2. The Hall–Kier alpha value is -1.90. The summed E-state index contributed by atoms with van der Waals surface area (Å²) in [6.45, 7) is 4.73. The van der Waals surface area contributed by atoms with Gasteiger partial charge in [-0.1, -0.05) is 12.5 Å². The lowest BCUT2D eigenvalue weighted by Crippen LogP contribution is -2.47. The van der Waals surface area contributed by atoms with E-state index in [1.165, 1.54) is 19.3 Å². The van der Waals surface area contributed by atoms with E-state index in [9.17, 15) is 4.79 Å². The zero-order valence-corrected chi connectivity index (χ0v) is 16.2. The summed E-state index contributed by atoms with van der Waals surface area (Å²) in [7, 11) is 1.81. The van der Waals surface area contributed by atoms with Crippen LogP contribution in [0.25, 0.3) is 0 Å². The molecule has 0 aromatic heterocycles. The largest absolute Gasteiger partial charge is 0.384 e. The van der Waals surface area contributed by atoms with E-state index in [0.29, 0.717) is 17.0 Å². The van der Waals surface area contributed by atoms with Gasteiger partial charge in [0.25, 0.3) is 5.91 Å². The molecule has 1 atom stereocenters. The number of benzene rings is 1. The molecule has 1 spiro atoms. The quantitative estimate of drug-likeness (QED) is 0.821. The van der Waals surface area contributed by atoms with Crippen LogP contribution in [-0.4, -0.2) is 61.6 Å². The van der Waals surface area contributed by atoms with Crippen LogP contribution in [0, 0.1) is 22.7 Å². The van der Waals surface area contributed by atoms with Crippen molar-refractivity contribution in [2.45, 2.75) is 38.1 Å². The van der Waals surface area contributed by atoms with Gasteiger partial charge in [0.15, 0.2) is 0 Å². The van der Waals surface area contributed by atoms with E-state index in [2.05, 4.69) is 11.0 Å². The van der Waals surface area contributed by atoms with Crippen molar-refractivity contribution in [1.82, 2.24) is 9.80 Å². The fourth-order valence-corrected chi connectivity index (χ4v) is 5.16. The Morgan fingerprint density at radius 3 is 2.74 bits per heavy atom. The maximum absolute atomic E-state index is 12.9. The monoisotopic (exact) mass is 367 g/mol. The number of nitriles is 1. The molecule has 1 aromatic carbocycles. The second kappa shape index (κ2) is 7.61. The summed E-state index contributed by atoms with van der Waals surface area (Å²) in [5.41, 5.74) is 1.46. The van der Waals surface area contributed by atoms with Gasteiger partial charge in [0.2, 0.25) is 0 Å². The highest BCUT2D eigenvalue weighted by molar-refractivity contribution is 5.94.